The number of benzene rings is 1. The van der Waals surface area contributed by atoms with E-state index in [0.717, 1.165) is 0 Å². The molecule has 114 valence electrons. The van der Waals surface area contributed by atoms with Crippen molar-refractivity contribution in [1.82, 2.24) is 4.90 Å². The van der Waals surface area contributed by atoms with Crippen LogP contribution in [0.3, 0.4) is 0 Å². The number of aliphatic hydroxyl groups is 1. The fourth-order valence-corrected chi connectivity index (χ4v) is 1.80. The summed E-state index contributed by atoms with van der Waals surface area (Å²) in [5.74, 6) is 4.06. The van der Waals surface area contributed by atoms with Crippen LogP contribution in [0.5, 0.6) is 0 Å². The molecule has 0 saturated heterocycles. The first-order valence-electron chi connectivity index (χ1n) is 6.90. The van der Waals surface area contributed by atoms with Gasteiger partial charge >= 0.3 is 0 Å². The van der Waals surface area contributed by atoms with Crippen molar-refractivity contribution in [3.05, 3.63) is 35.1 Å². The summed E-state index contributed by atoms with van der Waals surface area (Å²) in [6, 6.07) is 4.18. The number of halogens is 1. The molecule has 0 bridgehead atoms. The van der Waals surface area contributed by atoms with Crippen molar-refractivity contribution in [1.29, 1.82) is 0 Å². The molecule has 0 aliphatic heterocycles. The van der Waals surface area contributed by atoms with Gasteiger partial charge in [0, 0.05) is 25.3 Å². The monoisotopic (exact) mass is 293 g/mol. The van der Waals surface area contributed by atoms with Crippen LogP contribution in [-0.4, -0.2) is 48.8 Å². The number of hydrogen-bond donors (Lipinski definition) is 1. The van der Waals surface area contributed by atoms with E-state index in [4.69, 9.17) is 9.84 Å². The van der Waals surface area contributed by atoms with Gasteiger partial charge in [0.15, 0.2) is 0 Å². The Morgan fingerprint density at radius 2 is 2.19 bits per heavy atom. The molecule has 1 amide bonds. The van der Waals surface area contributed by atoms with Crippen LogP contribution in [0, 0.1) is 17.7 Å². The number of hydrogen-bond acceptors (Lipinski definition) is 3. The number of likely N-dealkylation sites (N-methyl/N-ethyl adjacent to an activating group) is 1. The molecule has 0 fully saturated rings. The van der Waals surface area contributed by atoms with Crippen LogP contribution < -0.4 is 0 Å². The molecule has 1 N–H and O–H groups in total. The average molecular weight is 293 g/mol. The highest BCUT2D eigenvalue weighted by Crippen LogP contribution is 2.12. The first-order valence-corrected chi connectivity index (χ1v) is 6.90. The highest BCUT2D eigenvalue weighted by Gasteiger charge is 2.17. The third-order valence-electron chi connectivity index (χ3n) is 2.89. The zero-order chi connectivity index (χ0) is 15.7. The zero-order valence-corrected chi connectivity index (χ0v) is 12.4. The summed E-state index contributed by atoms with van der Waals surface area (Å²) in [7, 11) is 0. The van der Waals surface area contributed by atoms with Crippen LogP contribution in [0.1, 0.15) is 29.8 Å². The normalized spacial score (nSPS) is 9.90. The standard InChI is InChI=1S/C16H20FNO3/c1-3-18(9-11-21-4-2)16(20)14-8-7-13(6-5-10-19)12-15(14)17/h7-8,12,19H,3-4,9-11H2,1-2H3. The van der Waals surface area contributed by atoms with Gasteiger partial charge in [-0.1, -0.05) is 11.8 Å². The maximum atomic E-state index is 14.0. The van der Waals surface area contributed by atoms with E-state index in [2.05, 4.69) is 11.8 Å². The molecule has 5 heteroatoms. The topological polar surface area (TPSA) is 49.8 Å². The van der Waals surface area contributed by atoms with Gasteiger partial charge in [-0.2, -0.15) is 0 Å². The molecule has 1 rings (SSSR count). The van der Waals surface area contributed by atoms with Gasteiger partial charge < -0.3 is 14.7 Å². The Morgan fingerprint density at radius 1 is 1.43 bits per heavy atom. The molecule has 0 radical (unpaired) electrons. The summed E-state index contributed by atoms with van der Waals surface area (Å²) in [5, 5.41) is 8.61. The third-order valence-corrected chi connectivity index (χ3v) is 2.89. The Labute approximate surface area is 124 Å². The summed E-state index contributed by atoms with van der Waals surface area (Å²) >= 11 is 0. The van der Waals surface area contributed by atoms with Gasteiger partial charge in [-0.05, 0) is 32.0 Å². The molecular weight excluding hydrogens is 273 g/mol. The Balaban J connectivity index is 2.85. The number of aliphatic hydroxyl groups excluding tert-OH is 1. The molecule has 0 aromatic heterocycles. The molecule has 0 aliphatic carbocycles. The van der Waals surface area contributed by atoms with Gasteiger partial charge in [-0.15, -0.1) is 0 Å². The van der Waals surface area contributed by atoms with Gasteiger partial charge in [0.05, 0.1) is 12.2 Å². The smallest absolute Gasteiger partial charge is 0.256 e. The van der Waals surface area contributed by atoms with Gasteiger partial charge in [-0.25, -0.2) is 4.39 Å². The third kappa shape index (κ3) is 5.18. The largest absolute Gasteiger partial charge is 0.384 e. The summed E-state index contributed by atoms with van der Waals surface area (Å²) in [6.07, 6.45) is 0. The predicted molar refractivity (Wildman–Crippen MR) is 78.4 cm³/mol. The summed E-state index contributed by atoms with van der Waals surface area (Å²) in [5.41, 5.74) is 0.443. The zero-order valence-electron chi connectivity index (χ0n) is 12.4. The second-order valence-corrected chi connectivity index (χ2v) is 4.24. The van der Waals surface area contributed by atoms with Gasteiger partial charge in [0.2, 0.25) is 0 Å². The molecule has 0 saturated carbocycles. The summed E-state index contributed by atoms with van der Waals surface area (Å²) in [6.45, 7) is 5.35. The average Bonchev–Trinajstić information content (AvgIpc) is 2.49. The quantitative estimate of drug-likeness (QED) is 0.641. The van der Waals surface area contributed by atoms with Gasteiger partial charge in [-0.3, -0.25) is 4.79 Å². The molecule has 0 heterocycles. The van der Waals surface area contributed by atoms with Crippen molar-refractivity contribution in [3.8, 4) is 11.8 Å². The van der Waals surface area contributed by atoms with E-state index in [1.807, 2.05) is 13.8 Å². The minimum absolute atomic E-state index is 0.0166. The summed E-state index contributed by atoms with van der Waals surface area (Å²) < 4.78 is 19.2. The van der Waals surface area contributed by atoms with Crippen LogP contribution in [0.2, 0.25) is 0 Å². The highest BCUT2D eigenvalue weighted by atomic mass is 19.1. The lowest BCUT2D eigenvalue weighted by Gasteiger charge is -2.21. The molecule has 0 aliphatic rings. The Kier molecular flexibility index (Phi) is 7.44. The first-order chi connectivity index (χ1) is 10.1. The molecule has 0 unspecified atom stereocenters. The maximum Gasteiger partial charge on any atom is 0.256 e. The molecule has 1 aromatic rings. The number of ether oxygens (including phenoxy) is 1. The van der Waals surface area contributed by atoms with E-state index < -0.39 is 5.82 Å². The van der Waals surface area contributed by atoms with Crippen LogP contribution in [0.15, 0.2) is 18.2 Å². The number of carbonyl (C=O) groups is 1. The Morgan fingerprint density at radius 3 is 2.76 bits per heavy atom. The predicted octanol–water partition coefficient (Wildman–Crippen LogP) is 1.67. The van der Waals surface area contributed by atoms with E-state index in [1.54, 1.807) is 6.07 Å². The van der Waals surface area contributed by atoms with E-state index in [9.17, 15) is 9.18 Å². The van der Waals surface area contributed by atoms with E-state index in [1.165, 1.54) is 17.0 Å². The van der Waals surface area contributed by atoms with Crippen molar-refractivity contribution < 1.29 is 19.0 Å². The molecule has 0 atom stereocenters. The van der Waals surface area contributed by atoms with E-state index in [-0.39, 0.29) is 18.1 Å². The Hall–Kier alpha value is -1.90. The molecule has 21 heavy (non-hydrogen) atoms. The van der Waals surface area contributed by atoms with Crippen molar-refractivity contribution in [2.75, 3.05) is 32.9 Å². The molecule has 0 spiro atoms. The van der Waals surface area contributed by atoms with Crippen molar-refractivity contribution in [3.63, 3.8) is 0 Å². The minimum Gasteiger partial charge on any atom is -0.384 e. The second-order valence-electron chi connectivity index (χ2n) is 4.24. The van der Waals surface area contributed by atoms with Gasteiger partial charge in [0.1, 0.15) is 12.4 Å². The van der Waals surface area contributed by atoms with Crippen molar-refractivity contribution in [2.24, 2.45) is 0 Å². The number of amides is 1. The van der Waals surface area contributed by atoms with E-state index >= 15 is 0 Å². The fraction of sp³-hybridized carbons (Fsp3) is 0.438. The lowest BCUT2D eigenvalue weighted by Crippen LogP contribution is -2.34. The number of rotatable bonds is 6. The number of carbonyl (C=O) groups excluding carboxylic acids is 1. The fourth-order valence-electron chi connectivity index (χ4n) is 1.80. The second kappa shape index (κ2) is 9.11. The molecular formula is C16H20FNO3. The molecule has 4 nitrogen and oxygen atoms in total. The minimum atomic E-state index is -0.611. The van der Waals surface area contributed by atoms with Crippen molar-refractivity contribution >= 4 is 5.91 Å². The number of nitrogens with zero attached hydrogens (tertiary/aromatic N) is 1. The lowest BCUT2D eigenvalue weighted by atomic mass is 10.1. The van der Waals surface area contributed by atoms with Crippen molar-refractivity contribution in [2.45, 2.75) is 13.8 Å². The van der Waals surface area contributed by atoms with Crippen LogP contribution >= 0.6 is 0 Å². The highest BCUT2D eigenvalue weighted by molar-refractivity contribution is 5.94. The molecule has 1 aromatic carbocycles. The summed E-state index contributed by atoms with van der Waals surface area (Å²) in [4.78, 5) is 13.8. The first kappa shape index (κ1) is 17.2. The van der Waals surface area contributed by atoms with Crippen LogP contribution in [-0.2, 0) is 4.74 Å². The SMILES string of the molecule is CCOCCN(CC)C(=O)c1ccc(C#CCO)cc1F. The van der Waals surface area contributed by atoms with Gasteiger partial charge in [0.25, 0.3) is 5.91 Å². The maximum absolute atomic E-state index is 14.0. The van der Waals surface area contributed by atoms with E-state index in [0.29, 0.717) is 31.9 Å². The van der Waals surface area contributed by atoms with Crippen LogP contribution in [0.4, 0.5) is 4.39 Å². The Bertz CT molecular complexity index is 534. The van der Waals surface area contributed by atoms with Crippen LogP contribution in [0.25, 0.3) is 0 Å². The lowest BCUT2D eigenvalue weighted by molar-refractivity contribution is 0.0665.